The highest BCUT2D eigenvalue weighted by Gasteiger charge is 1.94. The highest BCUT2D eigenvalue weighted by Crippen LogP contribution is 2.03. The molecule has 72 valence electrons. The molecule has 2 N–H and O–H groups in total. The van der Waals surface area contributed by atoms with Crippen LogP contribution in [0.5, 0.6) is 0 Å². The molecule has 0 aromatic rings. The molecule has 0 saturated carbocycles. The molecule has 0 bridgehead atoms. The Labute approximate surface area is 80.8 Å². The van der Waals surface area contributed by atoms with E-state index >= 15 is 0 Å². The zero-order valence-electron chi connectivity index (χ0n) is 6.82. The number of aliphatic hydroxyl groups is 2. The average molecular weight is 205 g/mol. The predicted octanol–water partition coefficient (Wildman–Crippen LogP) is 2.11. The Balaban J connectivity index is -0.000000320. The van der Waals surface area contributed by atoms with Crippen LogP contribution < -0.4 is 0 Å². The molecule has 0 radical (unpaired) electrons. The predicted molar refractivity (Wildman–Crippen MR) is 51.5 cm³/mol. The van der Waals surface area contributed by atoms with E-state index in [1.165, 1.54) is 12.8 Å². The number of hydrogen-bond donors (Lipinski definition) is 2. The maximum absolute atomic E-state index is 8.41. The van der Waals surface area contributed by atoms with Gasteiger partial charge in [-0.1, -0.05) is 26.2 Å². The van der Waals surface area contributed by atoms with Crippen LogP contribution in [0.4, 0.5) is 0 Å². The molecule has 0 aromatic heterocycles. The molecule has 0 fully saturated rings. The van der Waals surface area contributed by atoms with E-state index in [1.807, 2.05) is 0 Å². The van der Waals surface area contributed by atoms with Crippen molar-refractivity contribution in [2.24, 2.45) is 0 Å². The summed E-state index contributed by atoms with van der Waals surface area (Å²) in [4.78, 5) is 0. The van der Waals surface area contributed by atoms with Gasteiger partial charge in [-0.3, -0.25) is 0 Å². The second kappa shape index (κ2) is 13.1. The van der Waals surface area contributed by atoms with Gasteiger partial charge in [0.2, 0.25) is 0 Å². The summed E-state index contributed by atoms with van der Waals surface area (Å²) >= 11 is 0. The molecular weight excluding hydrogens is 187 g/mol. The van der Waals surface area contributed by atoms with Gasteiger partial charge < -0.3 is 10.2 Å². The minimum absolute atomic E-state index is 0. The Morgan fingerprint density at radius 3 is 1.91 bits per heavy atom. The third-order valence-corrected chi connectivity index (χ3v) is 1.32. The van der Waals surface area contributed by atoms with E-state index in [0.717, 1.165) is 12.8 Å². The summed E-state index contributed by atoms with van der Waals surface area (Å²) < 4.78 is 0. The summed E-state index contributed by atoms with van der Waals surface area (Å²) in [7, 11) is 0. The average Bonchev–Trinajstić information content (AvgIpc) is 1.80. The number of rotatable bonds is 5. The second-order valence-corrected chi connectivity index (χ2v) is 2.33. The highest BCUT2D eigenvalue weighted by molar-refractivity contribution is 5.85. The summed E-state index contributed by atoms with van der Waals surface area (Å²) in [5, 5.41) is 16.8. The fourth-order valence-electron chi connectivity index (χ4n) is 0.754. The molecule has 0 aliphatic carbocycles. The maximum atomic E-state index is 8.41. The molecule has 0 aliphatic heterocycles. The Morgan fingerprint density at radius 2 is 1.55 bits per heavy atom. The van der Waals surface area contributed by atoms with Crippen LogP contribution in [0.2, 0.25) is 0 Å². The van der Waals surface area contributed by atoms with Gasteiger partial charge in [0.05, 0.1) is 0 Å². The van der Waals surface area contributed by atoms with Crippen LogP contribution in [0.1, 0.15) is 39.0 Å². The van der Waals surface area contributed by atoms with Gasteiger partial charge in [0.15, 0.2) is 6.29 Å². The van der Waals surface area contributed by atoms with E-state index < -0.39 is 6.29 Å². The Morgan fingerprint density at radius 1 is 1.00 bits per heavy atom. The van der Waals surface area contributed by atoms with E-state index in [1.54, 1.807) is 0 Å². The highest BCUT2D eigenvalue weighted by atomic mass is 35.5. The molecule has 0 amide bonds. The van der Waals surface area contributed by atoms with Crippen LogP contribution in [-0.2, 0) is 0 Å². The minimum Gasteiger partial charge on any atom is -0.368 e. The van der Waals surface area contributed by atoms with Crippen molar-refractivity contribution in [1.29, 1.82) is 0 Å². The van der Waals surface area contributed by atoms with Crippen molar-refractivity contribution in [3.05, 3.63) is 0 Å². The van der Waals surface area contributed by atoms with Gasteiger partial charge in [0.1, 0.15) is 0 Å². The standard InChI is InChI=1S/C7H16O2.2ClH/c1-2-3-4-5-6-7(8)9;;/h7-9H,2-6H2,1H3;2*1H. The molecule has 0 saturated heterocycles. The van der Waals surface area contributed by atoms with Gasteiger partial charge in [-0.2, -0.15) is 0 Å². The quantitative estimate of drug-likeness (QED) is 0.533. The van der Waals surface area contributed by atoms with Gasteiger partial charge in [0, 0.05) is 0 Å². The lowest BCUT2D eigenvalue weighted by molar-refractivity contribution is -0.0465. The Hall–Kier alpha value is 0.500. The van der Waals surface area contributed by atoms with Crippen molar-refractivity contribution in [3.8, 4) is 0 Å². The molecule has 0 spiro atoms. The van der Waals surface area contributed by atoms with Crippen LogP contribution in [0, 0.1) is 0 Å². The maximum Gasteiger partial charge on any atom is 0.151 e. The second-order valence-electron chi connectivity index (χ2n) is 2.33. The lowest BCUT2D eigenvalue weighted by atomic mass is 10.1. The van der Waals surface area contributed by atoms with Crippen molar-refractivity contribution in [3.63, 3.8) is 0 Å². The molecule has 0 atom stereocenters. The molecular formula is C7H18Cl2O2. The fourth-order valence-corrected chi connectivity index (χ4v) is 0.754. The van der Waals surface area contributed by atoms with Crippen molar-refractivity contribution < 1.29 is 10.2 Å². The van der Waals surface area contributed by atoms with E-state index in [4.69, 9.17) is 10.2 Å². The third kappa shape index (κ3) is 18.0. The molecule has 0 unspecified atom stereocenters. The molecule has 0 aromatic carbocycles. The van der Waals surface area contributed by atoms with Gasteiger partial charge in [-0.15, -0.1) is 24.8 Å². The van der Waals surface area contributed by atoms with Crippen molar-refractivity contribution in [2.75, 3.05) is 0 Å². The zero-order chi connectivity index (χ0) is 7.11. The topological polar surface area (TPSA) is 40.5 Å². The van der Waals surface area contributed by atoms with Gasteiger partial charge in [-0.25, -0.2) is 0 Å². The van der Waals surface area contributed by atoms with Crippen molar-refractivity contribution in [1.82, 2.24) is 0 Å². The number of unbranched alkanes of at least 4 members (excludes halogenated alkanes) is 3. The lowest BCUT2D eigenvalue weighted by Gasteiger charge is -2.00. The van der Waals surface area contributed by atoms with Crippen molar-refractivity contribution >= 4 is 24.8 Å². The van der Waals surface area contributed by atoms with Gasteiger partial charge in [0.25, 0.3) is 0 Å². The summed E-state index contributed by atoms with van der Waals surface area (Å²) in [6.45, 7) is 2.13. The van der Waals surface area contributed by atoms with Crippen molar-refractivity contribution in [2.45, 2.75) is 45.3 Å². The van der Waals surface area contributed by atoms with Gasteiger partial charge >= 0.3 is 0 Å². The number of aliphatic hydroxyl groups excluding tert-OH is 1. The first-order valence-electron chi connectivity index (χ1n) is 3.63. The summed E-state index contributed by atoms with van der Waals surface area (Å²) in [5.74, 6) is 0. The molecule has 0 rings (SSSR count). The SMILES string of the molecule is CCCCCCC(O)O.Cl.Cl. The smallest absolute Gasteiger partial charge is 0.151 e. The summed E-state index contributed by atoms with van der Waals surface area (Å²) in [5.41, 5.74) is 0. The van der Waals surface area contributed by atoms with E-state index in [9.17, 15) is 0 Å². The van der Waals surface area contributed by atoms with E-state index in [0.29, 0.717) is 6.42 Å². The first-order chi connectivity index (χ1) is 4.27. The van der Waals surface area contributed by atoms with Crippen LogP contribution in [0.25, 0.3) is 0 Å². The van der Waals surface area contributed by atoms with E-state index in [-0.39, 0.29) is 24.8 Å². The Kier molecular flexibility index (Phi) is 20.9. The first-order valence-corrected chi connectivity index (χ1v) is 3.63. The summed E-state index contributed by atoms with van der Waals surface area (Å²) in [6.07, 6.45) is 3.88. The molecule has 0 aliphatic rings. The number of halogens is 2. The largest absolute Gasteiger partial charge is 0.368 e. The molecule has 0 heterocycles. The molecule has 4 heteroatoms. The summed E-state index contributed by atoms with van der Waals surface area (Å²) in [6, 6.07) is 0. The van der Waals surface area contributed by atoms with Crippen LogP contribution in [0.15, 0.2) is 0 Å². The number of hydrogen-bond acceptors (Lipinski definition) is 2. The fraction of sp³-hybridized carbons (Fsp3) is 1.00. The monoisotopic (exact) mass is 204 g/mol. The van der Waals surface area contributed by atoms with Crippen LogP contribution >= 0.6 is 24.8 Å². The van der Waals surface area contributed by atoms with Gasteiger partial charge in [-0.05, 0) is 12.8 Å². The minimum atomic E-state index is -1.10. The molecule has 2 nitrogen and oxygen atoms in total. The van der Waals surface area contributed by atoms with E-state index in [2.05, 4.69) is 6.92 Å². The third-order valence-electron chi connectivity index (χ3n) is 1.32. The Bertz CT molecular complexity index is 60.4. The lowest BCUT2D eigenvalue weighted by Crippen LogP contribution is -2.02. The normalized spacial score (nSPS) is 8.73. The first kappa shape index (κ1) is 17.5. The van der Waals surface area contributed by atoms with Crippen LogP contribution in [0.3, 0.4) is 0 Å². The zero-order valence-corrected chi connectivity index (χ0v) is 8.46. The van der Waals surface area contributed by atoms with Crippen LogP contribution in [-0.4, -0.2) is 16.5 Å². The molecule has 11 heavy (non-hydrogen) atoms.